The van der Waals surface area contributed by atoms with E-state index in [1.54, 1.807) is 11.9 Å². The van der Waals surface area contributed by atoms with Crippen LogP contribution in [0.2, 0.25) is 0 Å². The van der Waals surface area contributed by atoms with E-state index in [9.17, 15) is 9.59 Å². The van der Waals surface area contributed by atoms with Gasteiger partial charge in [0.15, 0.2) is 0 Å². The van der Waals surface area contributed by atoms with Gasteiger partial charge in [0, 0.05) is 26.2 Å². The number of rotatable bonds is 5. The Hall–Kier alpha value is -2.82. The van der Waals surface area contributed by atoms with Gasteiger partial charge in [0.2, 0.25) is 5.91 Å². The summed E-state index contributed by atoms with van der Waals surface area (Å²) in [6.07, 6.45) is 0. The van der Waals surface area contributed by atoms with Crippen molar-refractivity contribution >= 4 is 17.6 Å². The summed E-state index contributed by atoms with van der Waals surface area (Å²) in [6.45, 7) is 10.5. The minimum Gasteiger partial charge on any atom is -0.331 e. The Kier molecular flexibility index (Phi) is 6.84. The van der Waals surface area contributed by atoms with E-state index >= 15 is 0 Å². The lowest BCUT2D eigenvalue weighted by Crippen LogP contribution is -2.38. The minimum absolute atomic E-state index is 0.114. The Balaban J connectivity index is 1.97. The first-order chi connectivity index (χ1) is 13.1. The molecule has 2 N–H and O–H groups in total. The lowest BCUT2D eigenvalue weighted by atomic mass is 9.87. The number of nitrogens with zero attached hydrogens (tertiary/aromatic N) is 1. The zero-order chi connectivity index (χ0) is 20.9. The third-order valence-electron chi connectivity index (χ3n) is 4.63. The van der Waals surface area contributed by atoms with Crippen LogP contribution in [0.5, 0.6) is 0 Å². The van der Waals surface area contributed by atoms with E-state index in [0.29, 0.717) is 6.54 Å². The van der Waals surface area contributed by atoms with Gasteiger partial charge in [-0.3, -0.25) is 4.79 Å². The number of carbonyl (C=O) groups is 2. The van der Waals surface area contributed by atoms with E-state index < -0.39 is 0 Å². The Morgan fingerprint density at radius 1 is 1.07 bits per heavy atom. The largest absolute Gasteiger partial charge is 0.331 e. The molecule has 0 saturated carbocycles. The van der Waals surface area contributed by atoms with Crippen molar-refractivity contribution in [3.05, 3.63) is 65.2 Å². The zero-order valence-corrected chi connectivity index (χ0v) is 17.7. The Bertz CT molecular complexity index is 822. The predicted molar refractivity (Wildman–Crippen MR) is 114 cm³/mol. The number of hydrogen-bond acceptors (Lipinski definition) is 2. The first-order valence-electron chi connectivity index (χ1n) is 9.55. The molecule has 0 spiro atoms. The molecule has 0 aliphatic carbocycles. The molecule has 0 aromatic heterocycles. The van der Waals surface area contributed by atoms with Crippen molar-refractivity contribution in [3.8, 4) is 0 Å². The van der Waals surface area contributed by atoms with Gasteiger partial charge >= 0.3 is 6.03 Å². The summed E-state index contributed by atoms with van der Waals surface area (Å²) in [5, 5.41) is 5.77. The highest BCUT2D eigenvalue weighted by molar-refractivity contribution is 5.88. The molecule has 0 aliphatic heterocycles. The van der Waals surface area contributed by atoms with Crippen LogP contribution in [0.4, 0.5) is 10.5 Å². The van der Waals surface area contributed by atoms with Crippen molar-refractivity contribution in [3.63, 3.8) is 0 Å². The summed E-state index contributed by atoms with van der Waals surface area (Å²) in [7, 11) is 1.79. The molecule has 1 atom stereocenters. The van der Waals surface area contributed by atoms with E-state index in [4.69, 9.17) is 0 Å². The lowest BCUT2D eigenvalue weighted by Gasteiger charge is -2.23. The molecule has 0 heterocycles. The number of benzene rings is 2. The molecule has 2 aromatic carbocycles. The Morgan fingerprint density at radius 2 is 1.71 bits per heavy atom. The third-order valence-corrected chi connectivity index (χ3v) is 4.63. The molecule has 150 valence electrons. The van der Waals surface area contributed by atoms with Gasteiger partial charge in [-0.05, 0) is 41.2 Å². The van der Waals surface area contributed by atoms with Crippen molar-refractivity contribution in [2.75, 3.05) is 12.4 Å². The summed E-state index contributed by atoms with van der Waals surface area (Å²) in [6, 6.07) is 15.6. The number of carbonyl (C=O) groups excluding carboxylic acids is 2. The molecule has 2 rings (SSSR count). The molecule has 0 saturated heterocycles. The van der Waals surface area contributed by atoms with Crippen molar-refractivity contribution in [1.82, 2.24) is 10.2 Å². The predicted octanol–water partition coefficient (Wildman–Crippen LogP) is 4.85. The van der Waals surface area contributed by atoms with Gasteiger partial charge in [-0.2, -0.15) is 0 Å². The van der Waals surface area contributed by atoms with E-state index in [-0.39, 0.29) is 23.4 Å². The number of nitrogens with one attached hydrogen (secondary N) is 2. The Labute approximate surface area is 168 Å². The van der Waals surface area contributed by atoms with Crippen LogP contribution in [-0.4, -0.2) is 23.9 Å². The molecule has 5 heteroatoms. The molecule has 0 aliphatic rings. The van der Waals surface area contributed by atoms with Crippen LogP contribution in [0.1, 0.15) is 57.4 Å². The van der Waals surface area contributed by atoms with E-state index in [0.717, 1.165) is 16.8 Å². The second kappa shape index (κ2) is 8.91. The van der Waals surface area contributed by atoms with Crippen molar-refractivity contribution in [2.45, 2.75) is 52.6 Å². The van der Waals surface area contributed by atoms with Crippen LogP contribution < -0.4 is 10.6 Å². The van der Waals surface area contributed by atoms with Crippen molar-refractivity contribution < 1.29 is 9.59 Å². The van der Waals surface area contributed by atoms with E-state index in [1.807, 2.05) is 31.2 Å². The normalized spacial score (nSPS) is 12.2. The summed E-state index contributed by atoms with van der Waals surface area (Å²) in [5.74, 6) is -0.119. The number of hydrogen-bond donors (Lipinski definition) is 2. The van der Waals surface area contributed by atoms with Gasteiger partial charge in [-0.25, -0.2) is 4.79 Å². The topological polar surface area (TPSA) is 61.4 Å². The maximum Gasteiger partial charge on any atom is 0.317 e. The molecule has 2 aromatic rings. The highest BCUT2D eigenvalue weighted by Crippen LogP contribution is 2.22. The van der Waals surface area contributed by atoms with Gasteiger partial charge in [0.05, 0.1) is 6.04 Å². The van der Waals surface area contributed by atoms with Gasteiger partial charge in [0.1, 0.15) is 0 Å². The van der Waals surface area contributed by atoms with Gasteiger partial charge in [0.25, 0.3) is 0 Å². The molecular formula is C23H31N3O2. The molecule has 3 amide bonds. The number of amides is 3. The quantitative estimate of drug-likeness (QED) is 0.778. The minimum atomic E-state index is -0.174. The smallest absolute Gasteiger partial charge is 0.317 e. The monoisotopic (exact) mass is 381 g/mol. The standard InChI is InChI=1S/C23H31N3O2/c1-16(19-8-7-9-21(14-19)25-17(2)27)24-22(28)26(6)15-18-10-12-20(13-11-18)23(3,4)5/h7-14,16H,15H2,1-6H3,(H,24,28)(H,25,27). The van der Waals surface area contributed by atoms with Crippen molar-refractivity contribution in [2.24, 2.45) is 0 Å². The van der Waals surface area contributed by atoms with Crippen LogP contribution in [0.15, 0.2) is 48.5 Å². The zero-order valence-electron chi connectivity index (χ0n) is 17.7. The van der Waals surface area contributed by atoms with Crippen molar-refractivity contribution in [1.29, 1.82) is 0 Å². The summed E-state index contributed by atoms with van der Waals surface area (Å²) >= 11 is 0. The summed E-state index contributed by atoms with van der Waals surface area (Å²) in [5.41, 5.74) is 4.13. The van der Waals surface area contributed by atoms with Gasteiger partial charge < -0.3 is 15.5 Å². The maximum absolute atomic E-state index is 12.6. The highest BCUT2D eigenvalue weighted by atomic mass is 16.2. The average Bonchev–Trinajstić information content (AvgIpc) is 2.61. The number of urea groups is 1. The molecule has 0 radical (unpaired) electrons. The number of anilines is 1. The molecule has 0 fully saturated rings. The second-order valence-electron chi connectivity index (χ2n) is 8.28. The van der Waals surface area contributed by atoms with Crippen LogP contribution >= 0.6 is 0 Å². The van der Waals surface area contributed by atoms with E-state index in [2.05, 4.69) is 55.7 Å². The fourth-order valence-corrected chi connectivity index (χ4v) is 2.92. The maximum atomic E-state index is 12.6. The van der Waals surface area contributed by atoms with Crippen LogP contribution in [-0.2, 0) is 16.8 Å². The first-order valence-corrected chi connectivity index (χ1v) is 9.55. The summed E-state index contributed by atoms with van der Waals surface area (Å²) in [4.78, 5) is 25.5. The van der Waals surface area contributed by atoms with Crippen LogP contribution in [0.3, 0.4) is 0 Å². The lowest BCUT2D eigenvalue weighted by molar-refractivity contribution is -0.114. The fraction of sp³-hybridized carbons (Fsp3) is 0.391. The Morgan fingerprint density at radius 3 is 2.29 bits per heavy atom. The van der Waals surface area contributed by atoms with Crippen LogP contribution in [0.25, 0.3) is 0 Å². The highest BCUT2D eigenvalue weighted by Gasteiger charge is 2.16. The van der Waals surface area contributed by atoms with Gasteiger partial charge in [-0.1, -0.05) is 57.2 Å². The van der Waals surface area contributed by atoms with Crippen LogP contribution in [0, 0.1) is 0 Å². The molecule has 1 unspecified atom stereocenters. The SMILES string of the molecule is CC(=O)Nc1cccc(C(C)NC(=O)N(C)Cc2ccc(C(C)(C)C)cc2)c1. The molecular weight excluding hydrogens is 350 g/mol. The molecule has 5 nitrogen and oxygen atoms in total. The molecule has 28 heavy (non-hydrogen) atoms. The molecule has 0 bridgehead atoms. The summed E-state index contributed by atoms with van der Waals surface area (Å²) < 4.78 is 0. The second-order valence-corrected chi connectivity index (χ2v) is 8.28. The fourth-order valence-electron chi connectivity index (χ4n) is 2.92. The van der Waals surface area contributed by atoms with E-state index in [1.165, 1.54) is 12.5 Å². The first kappa shape index (κ1) is 21.5. The average molecular weight is 382 g/mol. The van der Waals surface area contributed by atoms with Gasteiger partial charge in [-0.15, -0.1) is 0 Å². The third kappa shape index (κ3) is 6.12.